The molecule has 2 bridgehead atoms. The number of nitrogens with zero attached hydrogens (tertiary/aromatic N) is 2. The quantitative estimate of drug-likeness (QED) is 0.0316. The predicted molar refractivity (Wildman–Crippen MR) is 325 cm³/mol. The minimum absolute atomic E-state index is 0.0200. The van der Waals surface area contributed by atoms with Crippen LogP contribution in [0.15, 0.2) is 35.3 Å². The van der Waals surface area contributed by atoms with Crippen LogP contribution in [0.1, 0.15) is 64.4 Å². The van der Waals surface area contributed by atoms with Gasteiger partial charge in [0.1, 0.15) is 66.5 Å². The zero-order valence-corrected chi connectivity index (χ0v) is 51.4. The molecule has 3 aliphatic heterocycles. The van der Waals surface area contributed by atoms with Crippen molar-refractivity contribution in [1.29, 1.82) is 0 Å². The molecule has 3 fully saturated rings. The Kier molecular flexibility index (Phi) is 30.3. The molecule has 22 N–H and O–H groups in total. The van der Waals surface area contributed by atoms with Crippen LogP contribution in [0.25, 0.3) is 0 Å². The van der Waals surface area contributed by atoms with E-state index in [9.17, 15) is 77.3 Å². The van der Waals surface area contributed by atoms with E-state index in [1.165, 1.54) is 13.8 Å². The van der Waals surface area contributed by atoms with E-state index in [1.54, 1.807) is 30.3 Å². The van der Waals surface area contributed by atoms with Crippen LogP contribution in [-0.4, -0.2) is 220 Å². The van der Waals surface area contributed by atoms with Crippen LogP contribution in [0.5, 0.6) is 0 Å². The number of hydrogen-bond acceptors (Lipinski definition) is 21. The Balaban J connectivity index is 1.95. The van der Waals surface area contributed by atoms with Crippen LogP contribution in [0.2, 0.25) is 0 Å². The van der Waals surface area contributed by atoms with Gasteiger partial charge in [0.15, 0.2) is 5.96 Å². The molecular weight excluding hydrogens is 1230 g/mol. The molecule has 3 heterocycles. The van der Waals surface area contributed by atoms with Gasteiger partial charge in [0, 0.05) is 48.9 Å². The summed E-state index contributed by atoms with van der Waals surface area (Å²) in [5, 5.41) is 45.3. The fourth-order valence-electron chi connectivity index (χ4n) is 8.87. The van der Waals surface area contributed by atoms with Crippen molar-refractivity contribution < 1.29 is 77.3 Å². The second kappa shape index (κ2) is 36.6. The number of carbonyl (C=O) groups excluding carboxylic acids is 13. The molecule has 1 aromatic carbocycles. The molecule has 4 rings (SSSR count). The Morgan fingerprint density at radius 3 is 1.80 bits per heavy atom. The average molecular weight is 1310 g/mol. The van der Waals surface area contributed by atoms with Crippen molar-refractivity contribution >= 4 is 132 Å². The number of rotatable bonds is 16. The molecule has 0 unspecified atom stereocenters. The number of carboxylic acids is 1. The molecule has 11 atom stereocenters. The van der Waals surface area contributed by atoms with Crippen molar-refractivity contribution in [2.24, 2.45) is 39.6 Å². The van der Waals surface area contributed by atoms with Gasteiger partial charge in [-0.05, 0) is 43.6 Å². The number of hydrogen-bond donors (Lipinski definition) is 17. The van der Waals surface area contributed by atoms with Gasteiger partial charge >= 0.3 is 5.97 Å². The molecule has 3 aliphatic rings. The highest BCUT2D eigenvalue weighted by Gasteiger charge is 2.42. The third-order valence-corrected chi connectivity index (χ3v) is 18.4. The number of fused-ring (bicyclic) bond motifs is 9. The van der Waals surface area contributed by atoms with Gasteiger partial charge in [-0.2, -0.15) is 0 Å². The molecule has 486 valence electrons. The van der Waals surface area contributed by atoms with Gasteiger partial charge in [-0.25, -0.2) is 0 Å². The summed E-state index contributed by atoms with van der Waals surface area (Å²) in [4.78, 5) is 199. The molecule has 1 aromatic rings. The van der Waals surface area contributed by atoms with Gasteiger partial charge in [0.2, 0.25) is 76.8 Å². The Morgan fingerprint density at radius 2 is 1.19 bits per heavy atom. The number of amides is 13. The minimum atomic E-state index is -1.94. The summed E-state index contributed by atoms with van der Waals surface area (Å²) in [6.45, 7) is 1.07. The van der Waals surface area contributed by atoms with Crippen molar-refractivity contribution in [3.05, 3.63) is 35.9 Å². The summed E-state index contributed by atoms with van der Waals surface area (Å²) in [6.07, 6.45) is -2.17. The monoisotopic (exact) mass is 1310 g/mol. The first-order chi connectivity index (χ1) is 41.7. The number of nitrogens with two attached hydrogens (primary N) is 5. The Bertz CT molecular complexity index is 2730. The lowest BCUT2D eigenvalue weighted by Gasteiger charge is -2.30. The molecule has 0 radical (unpaired) electrons. The fraction of sp³-hybridized carbons (Fsp3) is 0.588. The van der Waals surface area contributed by atoms with E-state index in [2.05, 4.69) is 58.2 Å². The topological polar surface area (TPSA) is 545 Å². The predicted octanol–water partition coefficient (Wildman–Crippen LogP) is -7.26. The van der Waals surface area contributed by atoms with Crippen molar-refractivity contribution in [2.75, 3.05) is 49.3 Å². The van der Waals surface area contributed by atoms with Gasteiger partial charge in [-0.1, -0.05) is 87.4 Å². The van der Waals surface area contributed by atoms with E-state index in [0.29, 0.717) is 5.56 Å². The Morgan fingerprint density at radius 1 is 0.648 bits per heavy atom. The van der Waals surface area contributed by atoms with Gasteiger partial charge < -0.3 is 96.9 Å². The van der Waals surface area contributed by atoms with Crippen LogP contribution in [-0.2, 0) is 73.5 Å². The molecule has 88 heavy (non-hydrogen) atoms. The molecular formula is C51H77N17O16S4. The lowest BCUT2D eigenvalue weighted by atomic mass is 10.0. The lowest BCUT2D eigenvalue weighted by molar-refractivity contribution is -0.146. The van der Waals surface area contributed by atoms with Gasteiger partial charge in [0.25, 0.3) is 0 Å². The van der Waals surface area contributed by atoms with Crippen LogP contribution in [0, 0.1) is 5.92 Å². The maximum Gasteiger partial charge on any atom is 0.305 e. The smallest absolute Gasteiger partial charge is 0.305 e. The SMILES string of the molecule is CC(C)[C@@H]1NC(=O)[C@@H]2CSSC[C@H](NC(=O)CN)C(=O)N[C@@H](CSSC[C@@H](C(N)=O)NC(=O)[C@H](Cc3ccccc3)NC(=O)[C@H](CCC(N)=O)NC1=O)C(=O)N[C@@H](CO)C(=O)N[C@@H](CC(=O)O)C(=O)N1CCC[C@H]1C(=O)N[C@@H](CCCN=C(N)N)C(=O)N2. The molecule has 33 nitrogen and oxygen atoms in total. The van der Waals surface area contributed by atoms with E-state index in [-0.39, 0.29) is 68.4 Å². The van der Waals surface area contributed by atoms with E-state index in [0.717, 1.165) is 48.1 Å². The van der Waals surface area contributed by atoms with Crippen molar-refractivity contribution in [3.63, 3.8) is 0 Å². The standard InChI is InChI=1S/C51H77N17O16S4/c1-24(2)39-49(83)60-27(12-13-36(53)70)42(76)61-28(16-25-8-4-3-5-9-25)43(77)64-31(40(54)74)20-85-87-22-33-46(80)63-30(19-69)44(78)62-29(17-38(72)73)50(84)68-15-7-11-35(68)48(82)59-26(10-6-14-57-51(55)56)41(75)65-34(47(81)67-39)23-88-86-21-32(45(79)66-33)58-37(71)18-52/h3-5,8-9,24,26-35,39,69H,6-7,10-23,52H2,1-2H3,(H2,53,70)(H2,54,74)(H,58,71)(H,59,82)(H,60,83)(H,61,76)(H,62,78)(H,63,80)(H,64,77)(H,65,75)(H,66,79)(H,67,81)(H,72,73)(H4,55,56,57)/t26-,27-,28-,29-,30-,31-,32-,33-,34-,35-,39-/m0/s1. The zero-order chi connectivity index (χ0) is 65.2. The summed E-state index contributed by atoms with van der Waals surface area (Å²) in [6, 6.07) is -9.52. The summed E-state index contributed by atoms with van der Waals surface area (Å²) in [5.41, 5.74) is 28.5. The van der Waals surface area contributed by atoms with Crippen molar-refractivity contribution in [2.45, 2.75) is 132 Å². The first-order valence-corrected chi connectivity index (χ1v) is 32.7. The van der Waals surface area contributed by atoms with E-state index in [1.807, 2.05) is 0 Å². The number of aliphatic carboxylic acids is 1. The molecule has 13 amide bonds. The number of guanidine groups is 1. The summed E-state index contributed by atoms with van der Waals surface area (Å²) in [7, 11) is 3.42. The van der Waals surface area contributed by atoms with Crippen LogP contribution >= 0.6 is 43.2 Å². The number of aliphatic hydroxyl groups is 1. The maximum absolute atomic E-state index is 14.7. The second-order valence-electron chi connectivity index (χ2n) is 20.7. The third kappa shape index (κ3) is 23.8. The van der Waals surface area contributed by atoms with E-state index in [4.69, 9.17) is 28.7 Å². The molecule has 0 aliphatic carbocycles. The number of aliphatic imine (C=N–C) groups is 1. The number of carboxylic acid groups (broad SMARTS) is 1. The largest absolute Gasteiger partial charge is 0.481 e. The number of carbonyl (C=O) groups is 14. The van der Waals surface area contributed by atoms with Gasteiger partial charge in [-0.15, -0.1) is 0 Å². The minimum Gasteiger partial charge on any atom is -0.481 e. The molecule has 3 saturated heterocycles. The van der Waals surface area contributed by atoms with Crippen molar-refractivity contribution in [1.82, 2.24) is 58.1 Å². The zero-order valence-electron chi connectivity index (χ0n) is 48.2. The van der Waals surface area contributed by atoms with Crippen LogP contribution in [0.4, 0.5) is 0 Å². The van der Waals surface area contributed by atoms with Crippen molar-refractivity contribution in [3.8, 4) is 0 Å². The summed E-state index contributed by atoms with van der Waals surface area (Å²) < 4.78 is 0. The number of aliphatic hydroxyl groups excluding tert-OH is 1. The molecule has 0 spiro atoms. The fourth-order valence-corrected chi connectivity index (χ4v) is 13.5. The van der Waals surface area contributed by atoms with Crippen LogP contribution in [0.3, 0.4) is 0 Å². The van der Waals surface area contributed by atoms with Gasteiger partial charge in [0.05, 0.1) is 19.6 Å². The van der Waals surface area contributed by atoms with Gasteiger partial charge in [-0.3, -0.25) is 72.1 Å². The Labute approximate surface area is 521 Å². The molecule has 0 saturated carbocycles. The number of benzene rings is 1. The first kappa shape index (κ1) is 72.9. The second-order valence-corrected chi connectivity index (χ2v) is 25.8. The van der Waals surface area contributed by atoms with E-state index < -0.39 is 193 Å². The highest BCUT2D eigenvalue weighted by molar-refractivity contribution is 8.77. The lowest BCUT2D eigenvalue weighted by Crippen LogP contribution is -2.62. The highest BCUT2D eigenvalue weighted by atomic mass is 33.1. The van der Waals surface area contributed by atoms with E-state index >= 15 is 0 Å². The molecule has 0 aromatic heterocycles. The molecule has 37 heteroatoms. The Hall–Kier alpha value is -7.61. The highest BCUT2D eigenvalue weighted by Crippen LogP contribution is 2.26. The van der Waals surface area contributed by atoms with Crippen LogP contribution < -0.4 is 81.8 Å². The summed E-state index contributed by atoms with van der Waals surface area (Å²) in [5.74, 6) is -17.4. The number of nitrogens with one attached hydrogen (secondary N) is 10. The normalized spacial score (nSPS) is 26.6. The number of primary amides is 2. The summed E-state index contributed by atoms with van der Waals surface area (Å²) >= 11 is 0. The first-order valence-electron chi connectivity index (χ1n) is 27.7. The average Bonchev–Trinajstić information content (AvgIpc) is 2.24. The maximum atomic E-state index is 14.7. The third-order valence-electron chi connectivity index (χ3n) is 13.6.